The zero-order chi connectivity index (χ0) is 19.1. The van der Waals surface area contributed by atoms with Crippen molar-refractivity contribution in [3.8, 4) is 0 Å². The first-order valence-corrected chi connectivity index (χ1v) is 9.03. The lowest BCUT2D eigenvalue weighted by atomic mass is 9.92. The molecule has 1 saturated heterocycles. The van der Waals surface area contributed by atoms with Crippen LogP contribution in [0.15, 0.2) is 41.7 Å². The molecule has 4 rings (SSSR count). The number of H-pyrrole nitrogens is 1. The molecule has 0 unspecified atom stereocenters. The summed E-state index contributed by atoms with van der Waals surface area (Å²) in [6.45, 7) is 5.59. The van der Waals surface area contributed by atoms with Gasteiger partial charge in [-0.3, -0.25) is 4.79 Å². The summed E-state index contributed by atoms with van der Waals surface area (Å²) in [4.78, 5) is 33.6. The molecule has 0 saturated carbocycles. The van der Waals surface area contributed by atoms with Gasteiger partial charge < -0.3 is 19.7 Å². The molecular weight excluding hydrogens is 346 g/mol. The van der Waals surface area contributed by atoms with Crippen LogP contribution in [0.2, 0.25) is 0 Å². The lowest BCUT2D eigenvalue weighted by Gasteiger charge is -2.36. The van der Waals surface area contributed by atoms with E-state index in [2.05, 4.69) is 23.8 Å². The highest BCUT2D eigenvalue weighted by Crippen LogP contribution is 2.34. The summed E-state index contributed by atoms with van der Waals surface area (Å²) in [5.74, 6) is -0.856. The van der Waals surface area contributed by atoms with Crippen molar-refractivity contribution in [3.05, 3.63) is 47.3 Å². The fourth-order valence-corrected chi connectivity index (χ4v) is 3.99. The largest absolute Gasteiger partial charge is 0.477 e. The number of aromatic nitrogens is 2. The summed E-state index contributed by atoms with van der Waals surface area (Å²) in [5, 5.41) is 10.4. The van der Waals surface area contributed by atoms with E-state index in [1.54, 1.807) is 24.5 Å². The van der Waals surface area contributed by atoms with Crippen LogP contribution < -0.4 is 0 Å². The van der Waals surface area contributed by atoms with Crippen LogP contribution in [0.3, 0.4) is 0 Å². The number of hydrogen-bond donors (Lipinski definition) is 2. The van der Waals surface area contributed by atoms with Crippen LogP contribution in [-0.4, -0.2) is 44.8 Å². The predicted octanol–water partition coefficient (Wildman–Crippen LogP) is 2.78. The number of nitrogens with zero attached hydrogens (tertiary/aromatic N) is 2. The summed E-state index contributed by atoms with van der Waals surface area (Å²) in [6, 6.07) is 3.68. The molecule has 27 heavy (non-hydrogen) atoms. The Kier molecular flexibility index (Phi) is 4.22. The van der Waals surface area contributed by atoms with Crippen molar-refractivity contribution in [3.63, 3.8) is 0 Å². The number of carboxylic acids is 1. The van der Waals surface area contributed by atoms with Gasteiger partial charge in [-0.1, -0.05) is 13.8 Å². The highest BCUT2D eigenvalue weighted by molar-refractivity contribution is 6.26. The number of nitrogens with one attached hydrogen (secondary N) is 1. The SMILES string of the molecule is C[C@H]1C[C@H](C)CN(C2=C(C(=O)O)C(=O)/C(=C/c3c[nH]c4ncccc34)O2)C1. The number of piperidine rings is 1. The Labute approximate surface area is 156 Å². The molecule has 0 aromatic carbocycles. The number of aromatic amines is 1. The van der Waals surface area contributed by atoms with Crippen LogP contribution in [0.25, 0.3) is 17.1 Å². The Bertz CT molecular complexity index is 978. The highest BCUT2D eigenvalue weighted by atomic mass is 16.5. The van der Waals surface area contributed by atoms with Gasteiger partial charge in [0.1, 0.15) is 5.65 Å². The molecule has 0 amide bonds. The first-order valence-electron chi connectivity index (χ1n) is 9.03. The molecule has 0 radical (unpaired) electrons. The lowest BCUT2D eigenvalue weighted by molar-refractivity contribution is -0.134. The van der Waals surface area contributed by atoms with E-state index >= 15 is 0 Å². The standard InChI is InChI=1S/C20H21N3O4/c1-11-6-12(2)10-23(9-11)19-16(20(25)26)17(24)15(27-19)7-13-8-22-18-14(13)4-3-5-21-18/h3-5,7-8,11-12H,6,9-10H2,1-2H3,(H,21,22)(H,25,26)/b15-7-/t11-,12-/m0/s1. The molecule has 1 fully saturated rings. The number of fused-ring (bicyclic) bond motifs is 1. The minimum absolute atomic E-state index is 0.0260. The van der Waals surface area contributed by atoms with Crippen LogP contribution in [0.1, 0.15) is 25.8 Å². The summed E-state index contributed by atoms with van der Waals surface area (Å²) in [5.41, 5.74) is 1.13. The van der Waals surface area contributed by atoms with E-state index < -0.39 is 11.8 Å². The number of Topliss-reactive ketones (excluding diaryl/α,β-unsaturated/α-hetero) is 1. The number of ketones is 1. The number of carboxylic acid groups (broad SMARTS) is 1. The van der Waals surface area contributed by atoms with Gasteiger partial charge in [-0.05, 0) is 36.5 Å². The van der Waals surface area contributed by atoms with Crippen LogP contribution in [0.4, 0.5) is 0 Å². The average molecular weight is 367 g/mol. The van der Waals surface area contributed by atoms with E-state index in [-0.39, 0.29) is 17.2 Å². The number of ether oxygens (including phenoxy) is 1. The number of hydrogen-bond acceptors (Lipinski definition) is 5. The molecule has 2 aliphatic heterocycles. The van der Waals surface area contributed by atoms with E-state index in [1.807, 2.05) is 11.0 Å². The van der Waals surface area contributed by atoms with E-state index in [1.165, 1.54) is 0 Å². The lowest BCUT2D eigenvalue weighted by Crippen LogP contribution is -2.38. The van der Waals surface area contributed by atoms with Gasteiger partial charge >= 0.3 is 5.97 Å². The van der Waals surface area contributed by atoms with Crippen molar-refractivity contribution in [1.82, 2.24) is 14.9 Å². The predicted molar refractivity (Wildman–Crippen MR) is 99.3 cm³/mol. The number of allylic oxidation sites excluding steroid dienone is 1. The monoisotopic (exact) mass is 367 g/mol. The molecule has 7 nitrogen and oxygen atoms in total. The quantitative estimate of drug-likeness (QED) is 0.640. The van der Waals surface area contributed by atoms with E-state index in [9.17, 15) is 14.7 Å². The topological polar surface area (TPSA) is 95.5 Å². The zero-order valence-corrected chi connectivity index (χ0v) is 15.2. The highest BCUT2D eigenvalue weighted by Gasteiger charge is 2.40. The van der Waals surface area contributed by atoms with Gasteiger partial charge in [-0.25, -0.2) is 9.78 Å². The number of carbonyl (C=O) groups excluding carboxylic acids is 1. The fourth-order valence-electron chi connectivity index (χ4n) is 3.99. The third kappa shape index (κ3) is 3.09. The van der Waals surface area contributed by atoms with E-state index in [0.717, 1.165) is 17.4 Å². The Hall–Kier alpha value is -3.09. The molecule has 0 bridgehead atoms. The number of pyridine rings is 1. The van der Waals surface area contributed by atoms with Gasteiger partial charge in [-0.2, -0.15) is 0 Å². The van der Waals surface area contributed by atoms with Crippen LogP contribution in [0, 0.1) is 11.8 Å². The number of carbonyl (C=O) groups is 2. The molecule has 0 spiro atoms. The fraction of sp³-hybridized carbons (Fsp3) is 0.350. The molecule has 7 heteroatoms. The van der Waals surface area contributed by atoms with Crippen molar-refractivity contribution in [2.75, 3.05) is 13.1 Å². The Morgan fingerprint density at radius 1 is 1.37 bits per heavy atom. The second-order valence-corrected chi connectivity index (χ2v) is 7.42. The number of aliphatic carboxylic acids is 1. The molecule has 2 aliphatic rings. The van der Waals surface area contributed by atoms with Crippen LogP contribution >= 0.6 is 0 Å². The average Bonchev–Trinajstić information content (AvgIpc) is 3.16. The number of rotatable bonds is 3. The van der Waals surface area contributed by atoms with E-state index in [0.29, 0.717) is 30.6 Å². The summed E-state index contributed by atoms with van der Waals surface area (Å²) >= 11 is 0. The van der Waals surface area contributed by atoms with Crippen molar-refractivity contribution in [2.24, 2.45) is 11.8 Å². The van der Waals surface area contributed by atoms with Crippen LogP contribution in [0.5, 0.6) is 0 Å². The normalized spacial score (nSPS) is 24.7. The molecule has 2 aromatic heterocycles. The second-order valence-electron chi connectivity index (χ2n) is 7.42. The Balaban J connectivity index is 1.70. The molecule has 4 heterocycles. The maximum absolute atomic E-state index is 12.7. The van der Waals surface area contributed by atoms with Gasteiger partial charge in [-0.15, -0.1) is 0 Å². The molecule has 0 aliphatic carbocycles. The van der Waals surface area contributed by atoms with Gasteiger partial charge in [0.05, 0.1) is 0 Å². The second kappa shape index (κ2) is 6.57. The Morgan fingerprint density at radius 2 is 2.11 bits per heavy atom. The summed E-state index contributed by atoms with van der Waals surface area (Å²) in [7, 11) is 0. The summed E-state index contributed by atoms with van der Waals surface area (Å²) < 4.78 is 5.81. The molecular formula is C20H21N3O4. The van der Waals surface area contributed by atoms with Gasteiger partial charge in [0.2, 0.25) is 11.7 Å². The van der Waals surface area contributed by atoms with Gasteiger partial charge in [0.25, 0.3) is 0 Å². The van der Waals surface area contributed by atoms with Gasteiger partial charge in [0, 0.05) is 36.4 Å². The smallest absolute Gasteiger partial charge is 0.345 e. The number of likely N-dealkylation sites (tertiary alicyclic amines) is 1. The van der Waals surface area contributed by atoms with Crippen LogP contribution in [-0.2, 0) is 14.3 Å². The molecule has 2 atom stereocenters. The third-order valence-corrected chi connectivity index (χ3v) is 5.01. The maximum atomic E-state index is 12.7. The maximum Gasteiger partial charge on any atom is 0.345 e. The van der Waals surface area contributed by atoms with Crippen molar-refractivity contribution in [1.29, 1.82) is 0 Å². The summed E-state index contributed by atoms with van der Waals surface area (Å²) in [6.07, 6.45) is 6.05. The van der Waals surface area contributed by atoms with Crippen molar-refractivity contribution >= 4 is 28.9 Å². The van der Waals surface area contributed by atoms with Crippen molar-refractivity contribution < 1.29 is 19.4 Å². The van der Waals surface area contributed by atoms with Gasteiger partial charge in [0.15, 0.2) is 11.3 Å². The minimum atomic E-state index is -1.26. The Morgan fingerprint density at radius 3 is 2.81 bits per heavy atom. The first-order chi connectivity index (χ1) is 12.9. The molecule has 2 aromatic rings. The zero-order valence-electron chi connectivity index (χ0n) is 15.2. The first kappa shape index (κ1) is 17.3. The minimum Gasteiger partial charge on any atom is -0.477 e. The third-order valence-electron chi connectivity index (χ3n) is 5.01. The molecule has 2 N–H and O–H groups in total. The van der Waals surface area contributed by atoms with Crippen molar-refractivity contribution in [2.45, 2.75) is 20.3 Å². The molecule has 140 valence electrons. The van der Waals surface area contributed by atoms with E-state index in [4.69, 9.17) is 4.74 Å².